The van der Waals surface area contributed by atoms with Crippen molar-refractivity contribution in [1.29, 1.82) is 0 Å². The lowest BCUT2D eigenvalue weighted by Crippen LogP contribution is -2.26. The van der Waals surface area contributed by atoms with Gasteiger partial charge in [0.2, 0.25) is 29.3 Å². The number of methoxy groups -OCH3 is 4. The van der Waals surface area contributed by atoms with Gasteiger partial charge in [-0.05, 0) is 12.1 Å². The van der Waals surface area contributed by atoms with Crippen LogP contribution in [0.25, 0.3) is 0 Å². The average Bonchev–Trinajstić information content (AvgIpc) is 3.00. The van der Waals surface area contributed by atoms with Crippen LogP contribution in [0.5, 0.6) is 47.0 Å². The van der Waals surface area contributed by atoms with E-state index in [-0.39, 0.29) is 52.6 Å². The molecule has 0 aliphatic rings. The van der Waals surface area contributed by atoms with Crippen LogP contribution in [0.4, 0.5) is 13.2 Å². The number of carbonyl (C=O) groups is 1. The quantitative estimate of drug-likeness (QED) is 0.108. The van der Waals surface area contributed by atoms with Gasteiger partial charge in [-0.25, -0.2) is 0 Å². The number of benzene rings is 2. The second-order valence-electron chi connectivity index (χ2n) is 8.12. The minimum atomic E-state index is -5.10. The first-order valence-corrected chi connectivity index (χ1v) is 12.0. The number of carbonyl (C=O) groups excluding carboxylic acids is 1. The first kappa shape index (κ1) is 30.3. The van der Waals surface area contributed by atoms with Crippen molar-refractivity contribution in [1.82, 2.24) is 19.9 Å². The van der Waals surface area contributed by atoms with Gasteiger partial charge < -0.3 is 33.6 Å². The van der Waals surface area contributed by atoms with Gasteiger partial charge in [-0.2, -0.15) is 33.1 Å². The molecule has 1 N–H and O–H groups in total. The normalized spacial score (nSPS) is 11.5. The van der Waals surface area contributed by atoms with Gasteiger partial charge >= 0.3 is 18.2 Å². The molecule has 0 saturated carbocycles. The van der Waals surface area contributed by atoms with E-state index in [1.54, 1.807) is 0 Å². The minimum absolute atomic E-state index is 0.0540. The fourth-order valence-corrected chi connectivity index (χ4v) is 3.66. The number of ether oxygens (including phenoxy) is 6. The van der Waals surface area contributed by atoms with Crippen LogP contribution in [0.3, 0.4) is 0 Å². The van der Waals surface area contributed by atoms with Gasteiger partial charge in [0.1, 0.15) is 17.1 Å². The first-order valence-electron chi connectivity index (χ1n) is 12.0. The molecule has 0 atom stereocenters. The summed E-state index contributed by atoms with van der Waals surface area (Å²) in [5, 5.41) is 11.6. The van der Waals surface area contributed by atoms with E-state index < -0.39 is 28.8 Å². The SMILES string of the molecule is COc1cc(OC)nc(Oc2cccc(Oc3nc(OC)cc(OC)n3)c2C(=O)c2ccccc2C(=NO)C(F)(F)F)n1. The van der Waals surface area contributed by atoms with Gasteiger partial charge in [0.05, 0.1) is 40.6 Å². The maximum atomic E-state index is 14.1. The van der Waals surface area contributed by atoms with E-state index in [1.807, 2.05) is 0 Å². The Balaban J connectivity index is 1.92. The lowest BCUT2D eigenvalue weighted by Gasteiger charge is -2.17. The van der Waals surface area contributed by atoms with Gasteiger partial charge in [0.25, 0.3) is 0 Å². The Morgan fingerprint density at radius 3 is 1.49 bits per heavy atom. The lowest BCUT2D eigenvalue weighted by molar-refractivity contribution is -0.0601. The number of alkyl halides is 3. The number of rotatable bonds is 11. The second-order valence-corrected chi connectivity index (χ2v) is 8.12. The number of nitrogens with zero attached hydrogens (tertiary/aromatic N) is 5. The monoisotopic (exact) mass is 601 g/mol. The van der Waals surface area contributed by atoms with Crippen molar-refractivity contribution in [2.75, 3.05) is 28.4 Å². The zero-order valence-corrected chi connectivity index (χ0v) is 22.9. The summed E-state index contributed by atoms with van der Waals surface area (Å²) < 4.78 is 73.4. The highest BCUT2D eigenvalue weighted by atomic mass is 19.4. The van der Waals surface area contributed by atoms with Crippen molar-refractivity contribution in [2.45, 2.75) is 6.18 Å². The molecule has 0 amide bonds. The molecule has 2 aromatic carbocycles. The molecule has 0 radical (unpaired) electrons. The van der Waals surface area contributed by atoms with E-state index in [0.29, 0.717) is 0 Å². The molecule has 0 spiro atoms. The number of ketones is 1. The van der Waals surface area contributed by atoms with Crippen LogP contribution in [0.2, 0.25) is 0 Å². The van der Waals surface area contributed by atoms with Gasteiger partial charge in [0, 0.05) is 11.1 Å². The molecule has 2 heterocycles. The second kappa shape index (κ2) is 12.9. The predicted octanol–water partition coefficient (Wildman–Crippen LogP) is 4.86. The molecule has 4 aromatic rings. The van der Waals surface area contributed by atoms with Gasteiger partial charge in [-0.15, -0.1) is 0 Å². The molecule has 0 saturated heterocycles. The third-order valence-corrected chi connectivity index (χ3v) is 5.57. The highest BCUT2D eigenvalue weighted by molar-refractivity contribution is 6.19. The molecule has 0 aliphatic heterocycles. The van der Waals surface area contributed by atoms with Crippen LogP contribution in [0, 0.1) is 0 Å². The maximum absolute atomic E-state index is 14.1. The molecular weight excluding hydrogens is 579 g/mol. The Morgan fingerprint density at radius 2 is 1.12 bits per heavy atom. The Bertz CT molecular complexity index is 1550. The van der Waals surface area contributed by atoms with E-state index in [1.165, 1.54) is 70.9 Å². The smallest absolute Gasteiger partial charge is 0.437 e. The Labute approximate surface area is 241 Å². The largest absolute Gasteiger partial charge is 0.481 e. The van der Waals surface area contributed by atoms with Crippen molar-refractivity contribution < 1.29 is 51.6 Å². The van der Waals surface area contributed by atoms with Gasteiger partial charge in [0.15, 0.2) is 5.71 Å². The summed E-state index contributed by atoms with van der Waals surface area (Å²) in [5.41, 5.74) is -3.28. The summed E-state index contributed by atoms with van der Waals surface area (Å²) in [6.07, 6.45) is -5.10. The Morgan fingerprint density at radius 1 is 0.698 bits per heavy atom. The molecule has 4 rings (SSSR count). The van der Waals surface area contributed by atoms with Crippen LogP contribution in [0.15, 0.2) is 59.8 Å². The van der Waals surface area contributed by atoms with Crippen LogP contribution in [0.1, 0.15) is 21.5 Å². The van der Waals surface area contributed by atoms with Crippen LogP contribution >= 0.6 is 0 Å². The van der Waals surface area contributed by atoms with E-state index in [4.69, 9.17) is 28.4 Å². The molecule has 0 fully saturated rings. The number of aromatic nitrogens is 4. The molecular formula is C27H22F3N5O8. The van der Waals surface area contributed by atoms with E-state index >= 15 is 0 Å². The number of hydrogen-bond donors (Lipinski definition) is 1. The van der Waals surface area contributed by atoms with Gasteiger partial charge in [-0.1, -0.05) is 35.5 Å². The number of oxime groups is 1. The standard InChI is InChI=1S/C27H22F3N5O8/c1-38-18-12-19(39-2)32-25(31-18)42-16-10-7-11-17(43-26-33-20(40-3)13-21(34-26)41-4)22(16)23(36)14-8-5-6-9-15(14)24(35-37)27(28,29)30/h5-13,37H,1-4H3. The van der Waals surface area contributed by atoms with Crippen LogP contribution < -0.4 is 28.4 Å². The van der Waals surface area contributed by atoms with E-state index in [0.717, 1.165) is 12.1 Å². The molecule has 0 unspecified atom stereocenters. The third-order valence-electron chi connectivity index (χ3n) is 5.57. The summed E-state index contributed by atoms with van der Waals surface area (Å²) in [7, 11) is 5.37. The summed E-state index contributed by atoms with van der Waals surface area (Å²) in [5.74, 6) is -1.28. The van der Waals surface area contributed by atoms with Gasteiger partial charge in [-0.3, -0.25) is 4.79 Å². The zero-order chi connectivity index (χ0) is 31.1. The molecule has 0 aliphatic carbocycles. The van der Waals surface area contributed by atoms with E-state index in [2.05, 4.69) is 25.1 Å². The molecule has 224 valence electrons. The predicted molar refractivity (Wildman–Crippen MR) is 141 cm³/mol. The van der Waals surface area contributed by atoms with Crippen LogP contribution in [-0.4, -0.2) is 71.3 Å². The van der Waals surface area contributed by atoms with Crippen molar-refractivity contribution in [3.05, 3.63) is 71.3 Å². The molecule has 0 bridgehead atoms. The third kappa shape index (κ3) is 6.80. The molecule has 16 heteroatoms. The summed E-state index contributed by atoms with van der Waals surface area (Å²) in [6.45, 7) is 0. The first-order chi connectivity index (χ1) is 20.6. The topological polar surface area (TPSA) is 157 Å². The summed E-state index contributed by atoms with van der Waals surface area (Å²) in [6, 6.07) is 10.8. The molecule has 13 nitrogen and oxygen atoms in total. The van der Waals surface area contributed by atoms with Crippen molar-refractivity contribution >= 4 is 11.5 Å². The van der Waals surface area contributed by atoms with Crippen molar-refractivity contribution in [2.24, 2.45) is 5.16 Å². The Kier molecular flexibility index (Phi) is 9.08. The zero-order valence-electron chi connectivity index (χ0n) is 22.9. The molecule has 43 heavy (non-hydrogen) atoms. The fraction of sp³-hybridized carbons (Fsp3) is 0.185. The highest BCUT2D eigenvalue weighted by Gasteiger charge is 2.40. The van der Waals surface area contributed by atoms with E-state index in [9.17, 15) is 23.2 Å². The lowest BCUT2D eigenvalue weighted by atomic mass is 9.94. The number of hydrogen-bond acceptors (Lipinski definition) is 13. The van der Waals surface area contributed by atoms with Crippen molar-refractivity contribution in [3.8, 4) is 47.0 Å². The summed E-state index contributed by atoms with van der Waals surface area (Å²) >= 11 is 0. The fourth-order valence-electron chi connectivity index (χ4n) is 3.66. The van der Waals surface area contributed by atoms with Crippen molar-refractivity contribution in [3.63, 3.8) is 0 Å². The minimum Gasteiger partial charge on any atom is -0.481 e. The summed E-state index contributed by atoms with van der Waals surface area (Å²) in [4.78, 5) is 30.4. The molecule has 2 aromatic heterocycles. The average molecular weight is 601 g/mol. The Hall–Kier alpha value is -5.67. The maximum Gasteiger partial charge on any atom is 0.437 e. The van der Waals surface area contributed by atoms with Crippen LogP contribution in [-0.2, 0) is 0 Å². The number of halogens is 3. The highest BCUT2D eigenvalue weighted by Crippen LogP contribution is 2.37.